The fraction of sp³-hybridized carbons (Fsp3) is 0.227. The van der Waals surface area contributed by atoms with Crippen LogP contribution in [-0.2, 0) is 7.05 Å². The third-order valence-electron chi connectivity index (χ3n) is 4.03. The van der Waals surface area contributed by atoms with E-state index >= 15 is 0 Å². The first-order valence-electron chi connectivity index (χ1n) is 11.9. The Morgan fingerprint density at radius 1 is 0.783 bits per heavy atom. The normalized spacial score (nSPS) is 18.3. The van der Waals surface area contributed by atoms with Gasteiger partial charge in [-0.1, -0.05) is 36.4 Å². The molecule has 0 spiro atoms. The van der Waals surface area contributed by atoms with E-state index in [1.54, 1.807) is 17.7 Å². The monoisotopic (exact) mass is 311 g/mol. The van der Waals surface area contributed by atoms with E-state index in [1.165, 1.54) is 24.4 Å². The molecule has 0 N–H and O–H groups in total. The Hall–Kier alpha value is -2.41. The van der Waals surface area contributed by atoms with Gasteiger partial charge < -0.3 is 0 Å². The molecule has 0 aliphatic heterocycles. The van der Waals surface area contributed by atoms with E-state index in [2.05, 4.69) is 0 Å². The Kier molecular flexibility index (Phi) is 2.07. The Labute approximate surface area is 151 Å². The molecule has 0 atom stereocenters. The van der Waals surface area contributed by atoms with Gasteiger partial charge in [0.05, 0.1) is 0 Å². The van der Waals surface area contributed by atoms with Crippen LogP contribution >= 0.6 is 0 Å². The topological polar surface area (TPSA) is 3.88 Å². The maximum absolute atomic E-state index is 8.01. The zero-order valence-electron chi connectivity index (χ0n) is 22.1. The van der Waals surface area contributed by atoms with Crippen molar-refractivity contribution in [3.63, 3.8) is 0 Å². The highest BCUT2D eigenvalue weighted by atomic mass is 14.9. The SMILES string of the molecule is [2H]C([2H])([2H])c1c[n+](C)c(-c2ccccc2C)cc1-c1ccc(C([2H])([2H])[2H])c(C([2H])([2H])[2H])c1. The van der Waals surface area contributed by atoms with Crippen LogP contribution < -0.4 is 4.57 Å². The number of benzene rings is 2. The minimum Gasteiger partial charge on any atom is -0.201 e. The first kappa shape index (κ1) is 7.92. The number of aromatic nitrogens is 1. The van der Waals surface area contributed by atoms with Gasteiger partial charge in [-0.15, -0.1) is 0 Å². The molecule has 0 aliphatic carbocycles. The van der Waals surface area contributed by atoms with E-state index in [0.717, 1.165) is 16.8 Å². The molecule has 0 saturated carbocycles. The van der Waals surface area contributed by atoms with Crippen molar-refractivity contribution in [1.82, 2.24) is 0 Å². The molecule has 0 saturated heterocycles. The zero-order chi connectivity index (χ0) is 24.1. The van der Waals surface area contributed by atoms with Gasteiger partial charge in [0.25, 0.3) is 0 Å². The molecule has 1 heteroatoms. The Balaban J connectivity index is 2.36. The van der Waals surface area contributed by atoms with Crippen molar-refractivity contribution in [1.29, 1.82) is 0 Å². The summed E-state index contributed by atoms with van der Waals surface area (Å²) in [5.41, 5.74) is 2.81. The van der Waals surface area contributed by atoms with Gasteiger partial charge >= 0.3 is 0 Å². The second-order valence-electron chi connectivity index (χ2n) is 5.67. The second kappa shape index (κ2) is 6.00. The standard InChI is InChI=1S/C22H24N/c1-15-10-11-19(12-17(15)3)21-13-22(23(5)14-18(21)4)20-9-7-6-8-16(20)2/h6-14H,1-5H3/q+1/i1D3,3D3,4D3. The lowest BCUT2D eigenvalue weighted by molar-refractivity contribution is -0.660. The van der Waals surface area contributed by atoms with E-state index in [1.807, 2.05) is 31.2 Å². The van der Waals surface area contributed by atoms with Crippen LogP contribution in [0.3, 0.4) is 0 Å². The molecule has 3 aromatic rings. The third kappa shape index (κ3) is 2.92. The Morgan fingerprint density at radius 2 is 1.57 bits per heavy atom. The van der Waals surface area contributed by atoms with Gasteiger partial charge in [0.2, 0.25) is 5.69 Å². The molecule has 0 fully saturated rings. The minimum absolute atomic E-state index is 0.0514. The van der Waals surface area contributed by atoms with Gasteiger partial charge in [0, 0.05) is 29.5 Å². The van der Waals surface area contributed by atoms with E-state index < -0.39 is 20.6 Å². The van der Waals surface area contributed by atoms with Crippen molar-refractivity contribution in [3.05, 3.63) is 77.0 Å². The number of aryl methyl sites for hydroxylation is 5. The van der Waals surface area contributed by atoms with Crippen molar-refractivity contribution in [3.8, 4) is 22.4 Å². The highest BCUT2D eigenvalue weighted by molar-refractivity contribution is 5.73. The molecular formula is C22H24N+. The van der Waals surface area contributed by atoms with Gasteiger partial charge in [-0.05, 0) is 61.4 Å². The van der Waals surface area contributed by atoms with Crippen LogP contribution in [0.4, 0.5) is 0 Å². The summed E-state index contributed by atoms with van der Waals surface area (Å²) in [4.78, 5) is 0. The number of rotatable bonds is 2. The molecule has 0 aliphatic rings. The maximum Gasteiger partial charge on any atom is 0.213 e. The number of pyridine rings is 1. The highest BCUT2D eigenvalue weighted by Gasteiger charge is 2.16. The van der Waals surface area contributed by atoms with Gasteiger partial charge in [0.15, 0.2) is 6.20 Å². The average Bonchev–Trinajstić information content (AvgIpc) is 2.66. The summed E-state index contributed by atoms with van der Waals surface area (Å²) in [5, 5.41) is 0. The fourth-order valence-electron chi connectivity index (χ4n) is 2.73. The number of hydrogen-bond acceptors (Lipinski definition) is 0. The summed E-state index contributed by atoms with van der Waals surface area (Å²) < 4.78 is 72.4. The Morgan fingerprint density at radius 3 is 2.30 bits per heavy atom. The largest absolute Gasteiger partial charge is 0.213 e. The quantitative estimate of drug-likeness (QED) is 0.581. The summed E-state index contributed by atoms with van der Waals surface area (Å²) in [5.74, 6) is 0. The van der Waals surface area contributed by atoms with Crippen molar-refractivity contribution >= 4 is 0 Å². The maximum atomic E-state index is 8.01. The smallest absolute Gasteiger partial charge is 0.201 e. The van der Waals surface area contributed by atoms with Crippen LogP contribution in [0.2, 0.25) is 0 Å². The first-order valence-corrected chi connectivity index (χ1v) is 7.36. The van der Waals surface area contributed by atoms with Gasteiger partial charge in [-0.2, -0.15) is 0 Å². The lowest BCUT2D eigenvalue weighted by Crippen LogP contribution is -2.31. The van der Waals surface area contributed by atoms with E-state index in [4.69, 9.17) is 12.3 Å². The zero-order valence-corrected chi connectivity index (χ0v) is 13.1. The lowest BCUT2D eigenvalue weighted by atomic mass is 9.95. The highest BCUT2D eigenvalue weighted by Crippen LogP contribution is 2.29. The number of hydrogen-bond donors (Lipinski definition) is 0. The summed E-state index contributed by atoms with van der Waals surface area (Å²) in [6, 6.07) is 13.4. The molecule has 2 aromatic carbocycles. The summed E-state index contributed by atoms with van der Waals surface area (Å²) in [7, 11) is 1.76. The fourth-order valence-corrected chi connectivity index (χ4v) is 2.73. The van der Waals surface area contributed by atoms with Crippen LogP contribution in [0.1, 0.15) is 34.6 Å². The molecule has 1 nitrogen and oxygen atoms in total. The van der Waals surface area contributed by atoms with Crippen molar-refractivity contribution < 1.29 is 16.9 Å². The van der Waals surface area contributed by atoms with Gasteiger partial charge in [-0.25, -0.2) is 4.57 Å². The van der Waals surface area contributed by atoms with E-state index in [9.17, 15) is 0 Å². The molecule has 1 aromatic heterocycles. The minimum atomic E-state index is -2.67. The predicted molar refractivity (Wildman–Crippen MR) is 97.4 cm³/mol. The third-order valence-corrected chi connectivity index (χ3v) is 4.03. The molecule has 0 radical (unpaired) electrons. The number of nitrogens with zero attached hydrogens (tertiary/aromatic N) is 1. The van der Waals surface area contributed by atoms with Crippen molar-refractivity contribution in [2.24, 2.45) is 7.05 Å². The van der Waals surface area contributed by atoms with Gasteiger partial charge in [0.1, 0.15) is 7.05 Å². The van der Waals surface area contributed by atoms with Gasteiger partial charge in [-0.3, -0.25) is 0 Å². The molecule has 3 rings (SSSR count). The molecule has 0 bridgehead atoms. The molecule has 0 unspecified atom stereocenters. The summed E-state index contributed by atoms with van der Waals surface area (Å²) >= 11 is 0. The summed E-state index contributed by atoms with van der Waals surface area (Å²) in [6.45, 7) is -5.78. The van der Waals surface area contributed by atoms with Crippen LogP contribution in [0.5, 0.6) is 0 Å². The molecule has 116 valence electrons. The predicted octanol–water partition coefficient (Wildman–Crippen LogP) is 5.08. The van der Waals surface area contributed by atoms with Crippen LogP contribution in [0.15, 0.2) is 54.7 Å². The molecular weight excluding hydrogens is 278 g/mol. The summed E-state index contributed by atoms with van der Waals surface area (Å²) in [6.07, 6.45) is 1.52. The van der Waals surface area contributed by atoms with Crippen molar-refractivity contribution in [2.45, 2.75) is 27.5 Å². The second-order valence-corrected chi connectivity index (χ2v) is 5.67. The van der Waals surface area contributed by atoms with Crippen LogP contribution in [0.25, 0.3) is 22.4 Å². The van der Waals surface area contributed by atoms with E-state index in [-0.39, 0.29) is 16.7 Å². The first-order chi connectivity index (χ1) is 14.6. The van der Waals surface area contributed by atoms with E-state index in [0.29, 0.717) is 11.1 Å². The van der Waals surface area contributed by atoms with Crippen molar-refractivity contribution in [2.75, 3.05) is 0 Å². The lowest BCUT2D eigenvalue weighted by Gasteiger charge is -2.11. The Bertz CT molecular complexity index is 1160. The molecule has 1 heterocycles. The molecule has 0 amide bonds. The van der Waals surface area contributed by atoms with Crippen LogP contribution in [-0.4, -0.2) is 0 Å². The molecule has 23 heavy (non-hydrogen) atoms. The van der Waals surface area contributed by atoms with Crippen LogP contribution in [0, 0.1) is 27.5 Å². The average molecular weight is 311 g/mol.